The minimum Gasteiger partial charge on any atom is -0.369 e. The summed E-state index contributed by atoms with van der Waals surface area (Å²) in [5.41, 5.74) is 1.12. The van der Waals surface area contributed by atoms with Crippen molar-refractivity contribution >= 4 is 23.8 Å². The van der Waals surface area contributed by atoms with Gasteiger partial charge in [-0.3, -0.25) is 9.59 Å². The lowest BCUT2D eigenvalue weighted by Crippen LogP contribution is -2.46. The Hall–Kier alpha value is -2.70. The maximum Gasteiger partial charge on any atom is 0.255 e. The van der Waals surface area contributed by atoms with Crippen molar-refractivity contribution in [2.24, 2.45) is 5.92 Å². The summed E-state index contributed by atoms with van der Waals surface area (Å²) in [5.74, 6) is -0.960. The summed E-state index contributed by atoms with van der Waals surface area (Å²) in [6.45, 7) is 4.96. The standard InChI is InChI=1S/C21H26FN3O3/c1-3-4-5-18(20(27)23-2)25-12-16-15(21(25)28)6-7-17(19(16)22)24-10-8-14(13-26)9-11-24/h3,6-7,13-14,18H,1,4-5,8-12H2,2H3,(H,23,27). The molecule has 1 fully saturated rings. The zero-order valence-corrected chi connectivity index (χ0v) is 16.1. The van der Waals surface area contributed by atoms with E-state index in [2.05, 4.69) is 11.9 Å². The number of amides is 2. The molecule has 1 aromatic rings. The van der Waals surface area contributed by atoms with Gasteiger partial charge in [0.2, 0.25) is 5.91 Å². The summed E-state index contributed by atoms with van der Waals surface area (Å²) < 4.78 is 15.3. The van der Waals surface area contributed by atoms with Crippen LogP contribution in [-0.2, 0) is 16.1 Å². The van der Waals surface area contributed by atoms with Gasteiger partial charge in [-0.25, -0.2) is 4.39 Å². The van der Waals surface area contributed by atoms with Gasteiger partial charge < -0.3 is 19.9 Å². The minimum absolute atomic E-state index is 0.0315. The molecule has 6 nitrogen and oxygen atoms in total. The van der Waals surface area contributed by atoms with Crippen LogP contribution < -0.4 is 10.2 Å². The average molecular weight is 387 g/mol. The van der Waals surface area contributed by atoms with Gasteiger partial charge in [-0.2, -0.15) is 0 Å². The molecule has 2 aliphatic heterocycles. The van der Waals surface area contributed by atoms with Crippen LogP contribution in [0, 0.1) is 11.7 Å². The summed E-state index contributed by atoms with van der Waals surface area (Å²) in [6, 6.07) is 2.63. The molecule has 7 heteroatoms. The molecule has 0 bridgehead atoms. The Morgan fingerprint density at radius 1 is 1.39 bits per heavy atom. The van der Waals surface area contributed by atoms with Crippen LogP contribution in [0.15, 0.2) is 24.8 Å². The number of allylic oxidation sites excluding steroid dienone is 1. The van der Waals surface area contributed by atoms with Crippen molar-refractivity contribution in [3.05, 3.63) is 41.7 Å². The van der Waals surface area contributed by atoms with Crippen molar-refractivity contribution < 1.29 is 18.8 Å². The van der Waals surface area contributed by atoms with E-state index in [-0.39, 0.29) is 24.3 Å². The zero-order chi connectivity index (χ0) is 20.3. The Labute approximate surface area is 164 Å². The minimum atomic E-state index is -0.658. The first kappa shape index (κ1) is 20.0. The highest BCUT2D eigenvalue weighted by Gasteiger charge is 2.38. The number of aldehydes is 1. The Morgan fingerprint density at radius 3 is 2.71 bits per heavy atom. The largest absolute Gasteiger partial charge is 0.369 e. The van der Waals surface area contributed by atoms with Crippen LogP contribution in [-0.4, -0.2) is 49.2 Å². The van der Waals surface area contributed by atoms with Gasteiger partial charge in [-0.1, -0.05) is 6.08 Å². The van der Waals surface area contributed by atoms with Crippen LogP contribution in [0.25, 0.3) is 0 Å². The van der Waals surface area contributed by atoms with Crippen molar-refractivity contribution in [3.63, 3.8) is 0 Å². The number of halogens is 1. The van der Waals surface area contributed by atoms with E-state index >= 15 is 4.39 Å². The molecule has 0 aliphatic carbocycles. The van der Waals surface area contributed by atoms with Crippen molar-refractivity contribution in [2.75, 3.05) is 25.0 Å². The Kier molecular flexibility index (Phi) is 6.11. The molecule has 28 heavy (non-hydrogen) atoms. The highest BCUT2D eigenvalue weighted by Crippen LogP contribution is 2.34. The summed E-state index contributed by atoms with van der Waals surface area (Å²) in [5, 5.41) is 2.59. The fraction of sp³-hybridized carbons (Fsp3) is 0.476. The SMILES string of the molecule is C=CCCC(C(=O)NC)N1Cc2c(ccc(N3CCC(C=O)CC3)c2F)C1=O. The van der Waals surface area contributed by atoms with Crippen LogP contribution in [0.5, 0.6) is 0 Å². The Morgan fingerprint density at radius 2 is 2.11 bits per heavy atom. The van der Waals surface area contributed by atoms with E-state index in [9.17, 15) is 14.4 Å². The Bertz CT molecular complexity index is 787. The number of nitrogens with one attached hydrogen (secondary N) is 1. The van der Waals surface area contributed by atoms with Crippen LogP contribution in [0.1, 0.15) is 41.6 Å². The molecule has 150 valence electrons. The first-order valence-corrected chi connectivity index (χ1v) is 9.66. The molecule has 2 heterocycles. The first-order chi connectivity index (χ1) is 13.5. The van der Waals surface area contributed by atoms with Gasteiger partial charge in [0.1, 0.15) is 12.3 Å². The fourth-order valence-electron chi connectivity index (χ4n) is 4.00. The maximum absolute atomic E-state index is 15.3. The van der Waals surface area contributed by atoms with Crippen molar-refractivity contribution in [3.8, 4) is 0 Å². The number of benzene rings is 1. The van der Waals surface area contributed by atoms with Crippen LogP contribution >= 0.6 is 0 Å². The maximum atomic E-state index is 15.3. The van der Waals surface area contributed by atoms with Crippen molar-refractivity contribution in [1.82, 2.24) is 10.2 Å². The number of carbonyl (C=O) groups excluding carboxylic acids is 3. The number of rotatable bonds is 7. The summed E-state index contributed by atoms with van der Waals surface area (Å²) >= 11 is 0. The molecule has 1 N–H and O–H groups in total. The lowest BCUT2D eigenvalue weighted by molar-refractivity contribution is -0.125. The molecule has 2 amide bonds. The van der Waals surface area contributed by atoms with Gasteiger partial charge in [0.25, 0.3) is 5.91 Å². The first-order valence-electron chi connectivity index (χ1n) is 9.66. The topological polar surface area (TPSA) is 69.7 Å². The molecular weight excluding hydrogens is 361 g/mol. The predicted octanol–water partition coefficient (Wildman–Crippen LogP) is 2.28. The number of hydrogen-bond donors (Lipinski definition) is 1. The number of likely N-dealkylation sites (N-methyl/N-ethyl adjacent to an activating group) is 1. The van der Waals surface area contributed by atoms with E-state index in [0.717, 1.165) is 6.29 Å². The number of fused-ring (bicyclic) bond motifs is 1. The third-order valence-electron chi connectivity index (χ3n) is 5.68. The molecule has 2 aliphatic rings. The van der Waals surface area contributed by atoms with Gasteiger partial charge in [-0.05, 0) is 37.8 Å². The second-order valence-corrected chi connectivity index (χ2v) is 7.31. The zero-order valence-electron chi connectivity index (χ0n) is 16.1. The number of nitrogens with zero attached hydrogens (tertiary/aromatic N) is 2. The van der Waals surface area contributed by atoms with E-state index in [1.165, 1.54) is 11.9 Å². The van der Waals surface area contributed by atoms with Gasteiger partial charge in [-0.15, -0.1) is 6.58 Å². The smallest absolute Gasteiger partial charge is 0.255 e. The molecule has 0 aromatic heterocycles. The van der Waals surface area contributed by atoms with Crippen molar-refractivity contribution in [1.29, 1.82) is 0 Å². The molecule has 1 aromatic carbocycles. The summed E-state index contributed by atoms with van der Waals surface area (Å²) in [4.78, 5) is 39.4. The summed E-state index contributed by atoms with van der Waals surface area (Å²) in [6.07, 6.45) is 5.09. The van der Waals surface area contributed by atoms with E-state index in [1.807, 2.05) is 4.90 Å². The molecule has 3 rings (SSSR count). The quantitative estimate of drug-likeness (QED) is 0.576. The molecule has 0 spiro atoms. The second kappa shape index (κ2) is 8.54. The van der Waals surface area contributed by atoms with Crippen LogP contribution in [0.4, 0.5) is 10.1 Å². The lowest BCUT2D eigenvalue weighted by Gasteiger charge is -2.32. The lowest BCUT2D eigenvalue weighted by atomic mass is 9.97. The Balaban J connectivity index is 1.84. The highest BCUT2D eigenvalue weighted by molar-refractivity contribution is 6.01. The van der Waals surface area contributed by atoms with Crippen LogP contribution in [0.2, 0.25) is 0 Å². The number of carbonyl (C=O) groups is 3. The highest BCUT2D eigenvalue weighted by atomic mass is 19.1. The summed E-state index contributed by atoms with van der Waals surface area (Å²) in [7, 11) is 1.53. The predicted molar refractivity (Wildman–Crippen MR) is 105 cm³/mol. The number of piperidine rings is 1. The third kappa shape index (κ3) is 3.66. The number of anilines is 1. The normalized spacial score (nSPS) is 18.0. The van der Waals surface area contributed by atoms with Gasteiger partial charge in [0.15, 0.2) is 5.82 Å². The van der Waals surface area contributed by atoms with Gasteiger partial charge >= 0.3 is 0 Å². The molecule has 0 radical (unpaired) electrons. The molecule has 1 atom stereocenters. The van der Waals surface area contributed by atoms with Crippen LogP contribution in [0.3, 0.4) is 0 Å². The van der Waals surface area contributed by atoms with Gasteiger partial charge in [0.05, 0.1) is 12.2 Å². The fourth-order valence-corrected chi connectivity index (χ4v) is 4.00. The van der Waals surface area contributed by atoms with Gasteiger partial charge in [0, 0.05) is 37.2 Å². The van der Waals surface area contributed by atoms with E-state index in [1.54, 1.807) is 18.2 Å². The number of hydrogen-bond acceptors (Lipinski definition) is 4. The monoisotopic (exact) mass is 387 g/mol. The van der Waals surface area contributed by atoms with E-state index in [4.69, 9.17) is 0 Å². The third-order valence-corrected chi connectivity index (χ3v) is 5.68. The second-order valence-electron chi connectivity index (χ2n) is 7.31. The molecular formula is C21H26FN3O3. The molecule has 0 saturated carbocycles. The van der Waals surface area contributed by atoms with E-state index in [0.29, 0.717) is 55.6 Å². The van der Waals surface area contributed by atoms with Crippen molar-refractivity contribution in [2.45, 2.75) is 38.3 Å². The molecule has 1 saturated heterocycles. The average Bonchev–Trinajstić information content (AvgIpc) is 3.06. The molecule has 1 unspecified atom stereocenters. The van der Waals surface area contributed by atoms with E-state index < -0.39 is 11.9 Å².